The summed E-state index contributed by atoms with van der Waals surface area (Å²) < 4.78 is 13.1. The van der Waals surface area contributed by atoms with Crippen LogP contribution in [0.5, 0.6) is 0 Å². The molecule has 2 heterocycles. The van der Waals surface area contributed by atoms with Gasteiger partial charge in [0.05, 0.1) is 12.7 Å². The Kier molecular flexibility index (Phi) is 3.94. The molecule has 1 aliphatic rings. The zero-order valence-electron chi connectivity index (χ0n) is 11.0. The van der Waals surface area contributed by atoms with Gasteiger partial charge in [-0.15, -0.1) is 4.68 Å². The molecule has 1 saturated heterocycles. The summed E-state index contributed by atoms with van der Waals surface area (Å²) in [5.41, 5.74) is 0. The third-order valence-corrected chi connectivity index (χ3v) is 3.61. The van der Waals surface area contributed by atoms with E-state index in [0.29, 0.717) is 31.0 Å². The third kappa shape index (κ3) is 2.24. The van der Waals surface area contributed by atoms with E-state index >= 15 is 0 Å². The van der Waals surface area contributed by atoms with E-state index in [1.54, 1.807) is 4.68 Å². The molecule has 18 heavy (non-hydrogen) atoms. The summed E-state index contributed by atoms with van der Waals surface area (Å²) in [6, 6.07) is 0. The van der Waals surface area contributed by atoms with Gasteiger partial charge in [-0.05, 0) is 19.4 Å². The molecule has 98 valence electrons. The van der Waals surface area contributed by atoms with E-state index in [0.717, 1.165) is 0 Å². The quantitative estimate of drug-likeness (QED) is 0.651. The van der Waals surface area contributed by atoms with Crippen LogP contribution in [0.15, 0.2) is 6.33 Å². The second-order valence-electron chi connectivity index (χ2n) is 4.61. The average Bonchev–Trinajstić information content (AvgIpc) is 2.94. The molecule has 1 fully saturated rings. The zero-order chi connectivity index (χ0) is 13.1. The number of nitrogens with zero attached hydrogens (tertiary/aromatic N) is 3. The number of nitrogens with one attached hydrogen (secondary N) is 1. The van der Waals surface area contributed by atoms with E-state index in [4.69, 9.17) is 16.0 Å². The van der Waals surface area contributed by atoms with Crippen molar-refractivity contribution in [3.63, 3.8) is 0 Å². The first-order valence-corrected chi connectivity index (χ1v) is 6.24. The molecule has 4 atom stereocenters. The minimum atomic E-state index is -0.169. The molecule has 6 heteroatoms. The topological polar surface area (TPSA) is 55.4 Å². The fourth-order valence-corrected chi connectivity index (χ4v) is 2.29. The maximum atomic E-state index is 7.08. The first-order valence-electron chi connectivity index (χ1n) is 6.24. The van der Waals surface area contributed by atoms with Crippen molar-refractivity contribution < 1.29 is 14.2 Å². The van der Waals surface area contributed by atoms with Crippen LogP contribution in [0.3, 0.4) is 0 Å². The summed E-state index contributed by atoms with van der Waals surface area (Å²) in [4.78, 5) is 7.35. The lowest BCUT2D eigenvalue weighted by Gasteiger charge is -2.14. The minimum Gasteiger partial charge on any atom is -0.379 e. The van der Waals surface area contributed by atoms with Gasteiger partial charge in [-0.3, -0.25) is 0 Å². The lowest BCUT2D eigenvalue weighted by molar-refractivity contribution is -0.799. The van der Waals surface area contributed by atoms with Crippen molar-refractivity contribution in [3.05, 3.63) is 17.7 Å². The van der Waals surface area contributed by atoms with Crippen LogP contribution >= 0.6 is 0 Å². The number of rotatable bonds is 4. The molecule has 4 unspecified atom stereocenters. The first kappa shape index (κ1) is 13.0. The van der Waals surface area contributed by atoms with Crippen LogP contribution in [0.1, 0.15) is 27.0 Å². The summed E-state index contributed by atoms with van der Waals surface area (Å²) in [5, 5.41) is 2.95. The van der Waals surface area contributed by atoms with Gasteiger partial charge >= 0.3 is 5.95 Å². The van der Waals surface area contributed by atoms with E-state index < -0.39 is 0 Å². The second kappa shape index (κ2) is 5.46. The SMILES string of the molecule is [C-]#[N+]c1nc[nH][n+]1C1OC(COCC)C(C)C1C. The number of aromatic nitrogens is 3. The molecule has 0 aromatic carbocycles. The van der Waals surface area contributed by atoms with Gasteiger partial charge in [0.15, 0.2) is 0 Å². The Morgan fingerprint density at radius 1 is 1.56 bits per heavy atom. The third-order valence-electron chi connectivity index (χ3n) is 3.61. The predicted molar refractivity (Wildman–Crippen MR) is 63.8 cm³/mol. The van der Waals surface area contributed by atoms with Crippen molar-refractivity contribution in [2.45, 2.75) is 33.1 Å². The second-order valence-corrected chi connectivity index (χ2v) is 4.61. The molecule has 1 aromatic heterocycles. The Morgan fingerprint density at radius 2 is 2.33 bits per heavy atom. The summed E-state index contributed by atoms with van der Waals surface area (Å²) >= 11 is 0. The number of hydrogen-bond acceptors (Lipinski definition) is 3. The van der Waals surface area contributed by atoms with Crippen LogP contribution in [0.4, 0.5) is 5.95 Å². The van der Waals surface area contributed by atoms with Gasteiger partial charge in [0.25, 0.3) is 6.33 Å². The highest BCUT2D eigenvalue weighted by Crippen LogP contribution is 2.36. The van der Waals surface area contributed by atoms with Crippen molar-refractivity contribution in [3.8, 4) is 0 Å². The summed E-state index contributed by atoms with van der Waals surface area (Å²) in [7, 11) is 0. The predicted octanol–water partition coefficient (Wildman–Crippen LogP) is 1.45. The highest BCUT2D eigenvalue weighted by Gasteiger charge is 2.45. The van der Waals surface area contributed by atoms with Crippen molar-refractivity contribution in [1.29, 1.82) is 0 Å². The minimum absolute atomic E-state index is 0.0688. The van der Waals surface area contributed by atoms with Gasteiger partial charge in [-0.2, -0.15) is 5.10 Å². The van der Waals surface area contributed by atoms with Gasteiger partial charge in [0, 0.05) is 17.5 Å². The van der Waals surface area contributed by atoms with Crippen molar-refractivity contribution >= 4 is 5.95 Å². The highest BCUT2D eigenvalue weighted by atomic mass is 16.6. The molecule has 0 spiro atoms. The van der Waals surface area contributed by atoms with Crippen LogP contribution in [-0.4, -0.2) is 29.4 Å². The molecule has 0 aliphatic carbocycles. The lowest BCUT2D eigenvalue weighted by atomic mass is 9.93. The number of aromatic amines is 1. The summed E-state index contributed by atoms with van der Waals surface area (Å²) in [5.74, 6) is 1.02. The van der Waals surface area contributed by atoms with E-state index in [-0.39, 0.29) is 12.3 Å². The lowest BCUT2D eigenvalue weighted by Crippen LogP contribution is -2.44. The number of ether oxygens (including phenoxy) is 2. The number of H-pyrrole nitrogens is 1. The standard InChI is InChI=1S/C12H18N4O2/c1-5-17-6-10-8(2)9(3)11(18-10)16-12(13-4)14-7-15-16/h7-11H,5-6H2,1-3H3/p+1. The van der Waals surface area contributed by atoms with Gasteiger partial charge in [-0.1, -0.05) is 13.8 Å². The Hall–Kier alpha value is -1.45. The summed E-state index contributed by atoms with van der Waals surface area (Å²) in [6.45, 7) is 14.6. The molecule has 0 saturated carbocycles. The van der Waals surface area contributed by atoms with E-state index in [2.05, 4.69) is 28.8 Å². The molecular weight excluding hydrogens is 232 g/mol. The molecule has 0 amide bonds. The van der Waals surface area contributed by atoms with Crippen molar-refractivity contribution in [2.75, 3.05) is 13.2 Å². The van der Waals surface area contributed by atoms with Gasteiger partial charge < -0.3 is 9.47 Å². The van der Waals surface area contributed by atoms with Gasteiger partial charge in [0.1, 0.15) is 0 Å². The van der Waals surface area contributed by atoms with Crippen LogP contribution < -0.4 is 4.68 Å². The largest absolute Gasteiger partial charge is 0.566 e. The number of hydrogen-bond donors (Lipinski definition) is 1. The normalized spacial score (nSPS) is 31.4. The van der Waals surface area contributed by atoms with Crippen LogP contribution in [0, 0.1) is 18.4 Å². The van der Waals surface area contributed by atoms with E-state index in [1.165, 1.54) is 6.33 Å². The molecule has 0 radical (unpaired) electrons. The molecule has 1 aliphatic heterocycles. The molecule has 0 bridgehead atoms. The molecule has 1 aromatic rings. The van der Waals surface area contributed by atoms with Crippen LogP contribution in [0.25, 0.3) is 4.85 Å². The van der Waals surface area contributed by atoms with Crippen LogP contribution in [-0.2, 0) is 9.47 Å². The first-order chi connectivity index (χ1) is 8.69. The Balaban J connectivity index is 2.14. The Morgan fingerprint density at radius 3 is 3.00 bits per heavy atom. The van der Waals surface area contributed by atoms with Gasteiger partial charge in [0.2, 0.25) is 6.23 Å². The molecule has 1 N–H and O–H groups in total. The zero-order valence-corrected chi connectivity index (χ0v) is 11.0. The average molecular weight is 251 g/mol. The fraction of sp³-hybridized carbons (Fsp3) is 0.750. The van der Waals surface area contributed by atoms with Crippen molar-refractivity contribution in [1.82, 2.24) is 10.1 Å². The molecule has 6 nitrogen and oxygen atoms in total. The molecular formula is C12H19N4O2+. The Bertz CT molecular complexity index is 440. The maximum Gasteiger partial charge on any atom is 0.566 e. The fourth-order valence-electron chi connectivity index (χ4n) is 2.29. The van der Waals surface area contributed by atoms with Gasteiger partial charge in [-0.25, -0.2) is 4.85 Å². The monoisotopic (exact) mass is 251 g/mol. The Labute approximate surface area is 107 Å². The summed E-state index contributed by atoms with van der Waals surface area (Å²) in [6.07, 6.45) is 1.42. The van der Waals surface area contributed by atoms with Crippen LogP contribution in [0.2, 0.25) is 0 Å². The smallest absolute Gasteiger partial charge is 0.379 e. The van der Waals surface area contributed by atoms with E-state index in [1.807, 2.05) is 6.92 Å². The van der Waals surface area contributed by atoms with E-state index in [9.17, 15) is 0 Å². The molecule has 2 rings (SSSR count). The maximum absolute atomic E-state index is 7.08. The highest BCUT2D eigenvalue weighted by molar-refractivity contribution is 5.14. The van der Waals surface area contributed by atoms with Crippen molar-refractivity contribution in [2.24, 2.45) is 11.8 Å².